The number of rotatable bonds is 4. The lowest BCUT2D eigenvalue weighted by atomic mass is 10.2. The Morgan fingerprint density at radius 3 is 3.00 bits per heavy atom. The molecule has 0 radical (unpaired) electrons. The Morgan fingerprint density at radius 1 is 1.60 bits per heavy atom. The number of amidine groups is 1. The zero-order chi connectivity index (χ0) is 11.1. The molecule has 0 amide bonds. The van der Waals surface area contributed by atoms with E-state index in [9.17, 15) is 4.39 Å². The fraction of sp³-hybridized carbons (Fsp3) is 0.300. The summed E-state index contributed by atoms with van der Waals surface area (Å²) in [6, 6.07) is 6.07. The number of nitrogens with one attached hydrogen (secondary N) is 1. The summed E-state index contributed by atoms with van der Waals surface area (Å²) in [5.41, 5.74) is 3.05. The molecule has 0 fully saturated rings. The maximum absolute atomic E-state index is 12.9. The van der Waals surface area contributed by atoms with E-state index < -0.39 is 0 Å². The van der Waals surface area contributed by atoms with Crippen LogP contribution in [-0.2, 0) is 4.74 Å². The van der Waals surface area contributed by atoms with E-state index in [-0.39, 0.29) is 5.82 Å². The van der Waals surface area contributed by atoms with Gasteiger partial charge in [-0.2, -0.15) is 0 Å². The SMILES string of the molecule is COCCN=C(NN)c1cccc(F)c1. The number of halogens is 1. The van der Waals surface area contributed by atoms with Crippen molar-refractivity contribution >= 4 is 5.84 Å². The average molecular weight is 211 g/mol. The van der Waals surface area contributed by atoms with E-state index in [2.05, 4.69) is 10.4 Å². The molecule has 0 aromatic heterocycles. The van der Waals surface area contributed by atoms with Crippen LogP contribution < -0.4 is 11.3 Å². The van der Waals surface area contributed by atoms with E-state index >= 15 is 0 Å². The van der Waals surface area contributed by atoms with E-state index in [0.29, 0.717) is 24.6 Å². The third-order valence-electron chi connectivity index (χ3n) is 1.80. The van der Waals surface area contributed by atoms with Crippen LogP contribution in [0.4, 0.5) is 4.39 Å². The van der Waals surface area contributed by atoms with Crippen molar-refractivity contribution in [3.8, 4) is 0 Å². The molecule has 1 rings (SSSR count). The van der Waals surface area contributed by atoms with Crippen molar-refractivity contribution in [2.45, 2.75) is 0 Å². The standard InChI is InChI=1S/C10H14FN3O/c1-15-6-5-13-10(14-12)8-3-2-4-9(11)7-8/h2-4,7H,5-6,12H2,1H3,(H,13,14). The molecule has 0 spiro atoms. The summed E-state index contributed by atoms with van der Waals surface area (Å²) in [5.74, 6) is 5.43. The first-order chi connectivity index (χ1) is 7.27. The van der Waals surface area contributed by atoms with Crippen molar-refractivity contribution in [2.75, 3.05) is 20.3 Å². The Labute approximate surface area is 87.9 Å². The topological polar surface area (TPSA) is 59.6 Å². The highest BCUT2D eigenvalue weighted by molar-refractivity contribution is 5.98. The molecule has 3 N–H and O–H groups in total. The van der Waals surface area contributed by atoms with E-state index in [1.807, 2.05) is 0 Å². The molecule has 0 aliphatic carbocycles. The largest absolute Gasteiger partial charge is 0.383 e. The van der Waals surface area contributed by atoms with Gasteiger partial charge in [0.2, 0.25) is 0 Å². The molecule has 15 heavy (non-hydrogen) atoms. The number of hydrogen-bond donors (Lipinski definition) is 2. The van der Waals surface area contributed by atoms with Crippen LogP contribution in [0.25, 0.3) is 0 Å². The molecule has 0 saturated heterocycles. The van der Waals surface area contributed by atoms with Crippen molar-refractivity contribution in [2.24, 2.45) is 10.8 Å². The van der Waals surface area contributed by atoms with E-state index in [0.717, 1.165) is 0 Å². The molecular weight excluding hydrogens is 197 g/mol. The molecule has 0 bridgehead atoms. The molecular formula is C10H14FN3O. The van der Waals surface area contributed by atoms with Crippen molar-refractivity contribution in [1.29, 1.82) is 0 Å². The van der Waals surface area contributed by atoms with Crippen LogP contribution in [0.1, 0.15) is 5.56 Å². The Balaban J connectivity index is 2.77. The minimum atomic E-state index is -0.317. The monoisotopic (exact) mass is 211 g/mol. The molecule has 1 aromatic carbocycles. The van der Waals surface area contributed by atoms with Crippen LogP contribution in [0.3, 0.4) is 0 Å². The molecule has 4 nitrogen and oxygen atoms in total. The summed E-state index contributed by atoms with van der Waals surface area (Å²) in [4.78, 5) is 4.13. The average Bonchev–Trinajstić information content (AvgIpc) is 2.24. The summed E-state index contributed by atoms with van der Waals surface area (Å²) in [5, 5.41) is 0. The van der Waals surface area contributed by atoms with Crippen molar-refractivity contribution in [3.05, 3.63) is 35.6 Å². The van der Waals surface area contributed by atoms with E-state index in [1.54, 1.807) is 19.2 Å². The summed E-state index contributed by atoms with van der Waals surface area (Å²) < 4.78 is 17.8. The number of hydrogen-bond acceptors (Lipinski definition) is 3. The lowest BCUT2D eigenvalue weighted by molar-refractivity contribution is 0.208. The Kier molecular flexibility index (Phi) is 4.73. The van der Waals surface area contributed by atoms with Gasteiger partial charge in [0.1, 0.15) is 11.7 Å². The minimum absolute atomic E-state index is 0.317. The first-order valence-electron chi connectivity index (χ1n) is 4.54. The van der Waals surface area contributed by atoms with Crippen molar-refractivity contribution in [3.63, 3.8) is 0 Å². The summed E-state index contributed by atoms with van der Waals surface area (Å²) >= 11 is 0. The molecule has 0 atom stereocenters. The number of hydrazine groups is 1. The maximum atomic E-state index is 12.9. The highest BCUT2D eigenvalue weighted by atomic mass is 19.1. The summed E-state index contributed by atoms with van der Waals surface area (Å²) in [6.07, 6.45) is 0. The normalized spacial score (nSPS) is 11.5. The number of aliphatic imine (C=N–C) groups is 1. The Morgan fingerprint density at radius 2 is 2.40 bits per heavy atom. The second-order valence-corrected chi connectivity index (χ2v) is 2.88. The maximum Gasteiger partial charge on any atom is 0.142 e. The number of nitrogens with two attached hydrogens (primary N) is 1. The first-order valence-corrected chi connectivity index (χ1v) is 4.54. The fourth-order valence-corrected chi connectivity index (χ4v) is 1.10. The van der Waals surface area contributed by atoms with Gasteiger partial charge in [0.05, 0.1) is 13.2 Å². The molecule has 0 aliphatic heterocycles. The van der Waals surface area contributed by atoms with Gasteiger partial charge in [-0.3, -0.25) is 4.99 Å². The van der Waals surface area contributed by atoms with Gasteiger partial charge in [0.15, 0.2) is 0 Å². The van der Waals surface area contributed by atoms with Gasteiger partial charge >= 0.3 is 0 Å². The predicted molar refractivity (Wildman–Crippen MR) is 57.0 cm³/mol. The molecule has 5 heteroatoms. The number of ether oxygens (including phenoxy) is 1. The van der Waals surface area contributed by atoms with Gasteiger partial charge in [-0.05, 0) is 12.1 Å². The smallest absolute Gasteiger partial charge is 0.142 e. The van der Waals surface area contributed by atoms with Gasteiger partial charge in [-0.1, -0.05) is 12.1 Å². The van der Waals surface area contributed by atoms with E-state index in [4.69, 9.17) is 10.6 Å². The minimum Gasteiger partial charge on any atom is -0.383 e. The number of methoxy groups -OCH3 is 1. The van der Waals surface area contributed by atoms with Crippen LogP contribution in [0, 0.1) is 5.82 Å². The number of benzene rings is 1. The quantitative estimate of drug-likeness (QED) is 0.253. The lowest BCUT2D eigenvalue weighted by Crippen LogP contribution is -2.31. The second kappa shape index (κ2) is 6.10. The third-order valence-corrected chi connectivity index (χ3v) is 1.80. The molecule has 1 aromatic rings. The summed E-state index contributed by atoms with van der Waals surface area (Å²) in [7, 11) is 1.59. The van der Waals surface area contributed by atoms with Crippen LogP contribution >= 0.6 is 0 Å². The highest BCUT2D eigenvalue weighted by Gasteiger charge is 2.01. The van der Waals surface area contributed by atoms with Crippen LogP contribution in [-0.4, -0.2) is 26.1 Å². The lowest BCUT2D eigenvalue weighted by Gasteiger charge is -2.05. The van der Waals surface area contributed by atoms with Gasteiger partial charge in [-0.15, -0.1) is 0 Å². The van der Waals surface area contributed by atoms with Gasteiger partial charge < -0.3 is 10.2 Å². The van der Waals surface area contributed by atoms with Crippen LogP contribution in [0.15, 0.2) is 29.3 Å². The Hall–Kier alpha value is -1.46. The molecule has 0 saturated carbocycles. The molecule has 0 heterocycles. The molecule has 0 aliphatic rings. The van der Waals surface area contributed by atoms with Gasteiger partial charge in [0.25, 0.3) is 0 Å². The van der Waals surface area contributed by atoms with E-state index in [1.165, 1.54) is 12.1 Å². The molecule has 82 valence electrons. The van der Waals surface area contributed by atoms with Crippen LogP contribution in [0.5, 0.6) is 0 Å². The first kappa shape index (κ1) is 11.6. The van der Waals surface area contributed by atoms with Crippen LogP contribution in [0.2, 0.25) is 0 Å². The van der Waals surface area contributed by atoms with Gasteiger partial charge in [-0.25, -0.2) is 10.2 Å². The fourth-order valence-electron chi connectivity index (χ4n) is 1.10. The van der Waals surface area contributed by atoms with Gasteiger partial charge in [0, 0.05) is 12.7 Å². The second-order valence-electron chi connectivity index (χ2n) is 2.88. The summed E-state index contributed by atoms with van der Waals surface area (Å²) in [6.45, 7) is 0.979. The third kappa shape index (κ3) is 3.65. The van der Waals surface area contributed by atoms with Crippen molar-refractivity contribution < 1.29 is 9.13 Å². The predicted octanol–water partition coefficient (Wildman–Crippen LogP) is 0.682. The highest BCUT2D eigenvalue weighted by Crippen LogP contribution is 2.03. The Bertz CT molecular complexity index is 341. The zero-order valence-corrected chi connectivity index (χ0v) is 8.53. The zero-order valence-electron chi connectivity index (χ0n) is 8.53. The number of nitrogens with zero attached hydrogens (tertiary/aromatic N) is 1. The molecule has 0 unspecified atom stereocenters. The van der Waals surface area contributed by atoms with Crippen molar-refractivity contribution in [1.82, 2.24) is 5.43 Å².